The Morgan fingerprint density at radius 1 is 1.42 bits per heavy atom. The summed E-state index contributed by atoms with van der Waals surface area (Å²) < 4.78 is 30.8. The van der Waals surface area contributed by atoms with Crippen LogP contribution in [0.1, 0.15) is 39.5 Å². The molecule has 1 rings (SSSR count). The van der Waals surface area contributed by atoms with Gasteiger partial charge in [-0.1, -0.05) is 13.3 Å². The molecular formula is C12H23NO5S. The molecule has 1 aliphatic heterocycles. The number of nitrogens with zero attached hydrogens (tertiary/aromatic N) is 1. The van der Waals surface area contributed by atoms with Crippen molar-refractivity contribution in [2.45, 2.75) is 45.1 Å². The van der Waals surface area contributed by atoms with E-state index >= 15 is 0 Å². The molecule has 0 spiro atoms. The lowest BCUT2D eigenvalue weighted by molar-refractivity contribution is -0.147. The summed E-state index contributed by atoms with van der Waals surface area (Å²) in [6.07, 6.45) is 1.99. The molecule has 0 amide bonds. The summed E-state index contributed by atoms with van der Waals surface area (Å²) in [6, 6.07) is 0. The van der Waals surface area contributed by atoms with Crippen molar-refractivity contribution >= 4 is 16.0 Å². The molecule has 0 aliphatic carbocycles. The second kappa shape index (κ2) is 6.67. The zero-order chi connectivity index (χ0) is 14.5. The molecule has 0 aromatic carbocycles. The van der Waals surface area contributed by atoms with Gasteiger partial charge in [-0.05, 0) is 26.2 Å². The van der Waals surface area contributed by atoms with Crippen LogP contribution >= 0.6 is 0 Å². The predicted molar refractivity (Wildman–Crippen MR) is 71.5 cm³/mol. The number of carboxylic acids is 1. The van der Waals surface area contributed by atoms with E-state index in [0.29, 0.717) is 38.8 Å². The highest BCUT2D eigenvalue weighted by Gasteiger charge is 2.51. The fourth-order valence-corrected chi connectivity index (χ4v) is 4.41. The lowest BCUT2D eigenvalue weighted by atomic mass is 9.92. The van der Waals surface area contributed by atoms with Crippen LogP contribution in [0.25, 0.3) is 0 Å². The first-order valence-corrected chi connectivity index (χ1v) is 8.33. The van der Waals surface area contributed by atoms with Crippen molar-refractivity contribution in [2.75, 3.05) is 25.5 Å². The van der Waals surface area contributed by atoms with Crippen LogP contribution in [0.3, 0.4) is 0 Å². The third-order valence-electron chi connectivity index (χ3n) is 3.52. The molecule has 1 N–H and O–H groups in total. The Labute approximate surface area is 114 Å². The number of hydrogen-bond donors (Lipinski definition) is 1. The van der Waals surface area contributed by atoms with E-state index < -0.39 is 21.5 Å². The quantitative estimate of drug-likeness (QED) is 0.677. The smallest absolute Gasteiger partial charge is 0.325 e. The van der Waals surface area contributed by atoms with Crippen molar-refractivity contribution in [1.82, 2.24) is 4.31 Å². The number of sulfonamides is 1. The van der Waals surface area contributed by atoms with Crippen molar-refractivity contribution in [3.63, 3.8) is 0 Å². The average molecular weight is 293 g/mol. The van der Waals surface area contributed by atoms with Gasteiger partial charge in [-0.2, -0.15) is 4.31 Å². The Hall–Kier alpha value is -0.660. The van der Waals surface area contributed by atoms with Gasteiger partial charge in [0.1, 0.15) is 5.54 Å². The second-order valence-electron chi connectivity index (χ2n) is 4.78. The molecule has 112 valence electrons. The SMILES string of the molecule is CCCC1(C(=O)O)CCCN1S(=O)(=O)CCOCC. The molecule has 7 heteroatoms. The maximum atomic E-state index is 12.3. The van der Waals surface area contributed by atoms with E-state index in [0.717, 1.165) is 0 Å². The standard InChI is InChI=1S/C12H23NO5S/c1-3-6-12(11(14)15)7-5-8-13(12)19(16,17)10-9-18-4-2/h3-10H2,1-2H3,(H,14,15). The molecule has 1 aliphatic rings. The monoisotopic (exact) mass is 293 g/mol. The minimum Gasteiger partial charge on any atom is -0.480 e. The van der Waals surface area contributed by atoms with E-state index in [1.54, 1.807) is 6.92 Å². The summed E-state index contributed by atoms with van der Waals surface area (Å²) in [5.74, 6) is -1.19. The summed E-state index contributed by atoms with van der Waals surface area (Å²) in [6.45, 7) is 4.52. The highest BCUT2D eigenvalue weighted by Crippen LogP contribution is 2.36. The molecule has 0 radical (unpaired) electrons. The van der Waals surface area contributed by atoms with Gasteiger partial charge in [0.05, 0.1) is 12.4 Å². The Bertz CT molecular complexity index is 408. The number of ether oxygens (including phenoxy) is 1. The zero-order valence-electron chi connectivity index (χ0n) is 11.6. The van der Waals surface area contributed by atoms with Gasteiger partial charge in [0.2, 0.25) is 10.0 Å². The first kappa shape index (κ1) is 16.4. The normalized spacial score (nSPS) is 24.7. The Morgan fingerprint density at radius 3 is 2.63 bits per heavy atom. The molecule has 0 saturated carbocycles. The van der Waals surface area contributed by atoms with Gasteiger partial charge >= 0.3 is 5.97 Å². The fraction of sp³-hybridized carbons (Fsp3) is 0.917. The van der Waals surface area contributed by atoms with Crippen LogP contribution in [-0.2, 0) is 19.6 Å². The average Bonchev–Trinajstić information content (AvgIpc) is 2.75. The summed E-state index contributed by atoms with van der Waals surface area (Å²) in [7, 11) is -3.58. The summed E-state index contributed by atoms with van der Waals surface area (Å²) in [5, 5.41) is 9.46. The van der Waals surface area contributed by atoms with Crippen LogP contribution in [0.4, 0.5) is 0 Å². The van der Waals surface area contributed by atoms with E-state index in [9.17, 15) is 18.3 Å². The van der Waals surface area contributed by atoms with Crippen LogP contribution < -0.4 is 0 Å². The molecule has 1 unspecified atom stereocenters. The van der Waals surface area contributed by atoms with Crippen LogP contribution in [0, 0.1) is 0 Å². The molecule has 1 heterocycles. The van der Waals surface area contributed by atoms with Gasteiger partial charge in [-0.15, -0.1) is 0 Å². The van der Waals surface area contributed by atoms with E-state index in [4.69, 9.17) is 4.74 Å². The Balaban J connectivity index is 2.92. The van der Waals surface area contributed by atoms with Gasteiger partial charge in [0, 0.05) is 13.2 Å². The highest BCUT2D eigenvalue weighted by atomic mass is 32.2. The molecule has 6 nitrogen and oxygen atoms in total. The summed E-state index contributed by atoms with van der Waals surface area (Å²) in [5.41, 5.74) is -1.25. The van der Waals surface area contributed by atoms with Crippen LogP contribution in [0.5, 0.6) is 0 Å². The van der Waals surface area contributed by atoms with Crippen molar-refractivity contribution in [3.05, 3.63) is 0 Å². The largest absolute Gasteiger partial charge is 0.480 e. The topological polar surface area (TPSA) is 83.9 Å². The third kappa shape index (κ3) is 3.46. The maximum Gasteiger partial charge on any atom is 0.325 e. The van der Waals surface area contributed by atoms with Gasteiger partial charge in [-0.25, -0.2) is 8.42 Å². The van der Waals surface area contributed by atoms with Crippen LogP contribution in [0.2, 0.25) is 0 Å². The van der Waals surface area contributed by atoms with Crippen LogP contribution in [-0.4, -0.2) is 54.8 Å². The van der Waals surface area contributed by atoms with Gasteiger partial charge in [0.25, 0.3) is 0 Å². The fourth-order valence-electron chi connectivity index (χ4n) is 2.66. The van der Waals surface area contributed by atoms with E-state index in [-0.39, 0.29) is 12.4 Å². The molecular weight excluding hydrogens is 270 g/mol. The lowest BCUT2D eigenvalue weighted by Crippen LogP contribution is -2.53. The Morgan fingerprint density at radius 2 is 2.11 bits per heavy atom. The zero-order valence-corrected chi connectivity index (χ0v) is 12.4. The van der Waals surface area contributed by atoms with Crippen molar-refractivity contribution in [1.29, 1.82) is 0 Å². The Kier molecular flexibility index (Phi) is 5.76. The molecule has 0 aromatic rings. The van der Waals surface area contributed by atoms with Gasteiger partial charge in [0.15, 0.2) is 0 Å². The van der Waals surface area contributed by atoms with E-state index in [2.05, 4.69) is 0 Å². The molecule has 0 aromatic heterocycles. The molecule has 1 fully saturated rings. The summed E-state index contributed by atoms with van der Waals surface area (Å²) >= 11 is 0. The molecule has 1 atom stereocenters. The lowest BCUT2D eigenvalue weighted by Gasteiger charge is -2.33. The maximum absolute atomic E-state index is 12.3. The second-order valence-corrected chi connectivity index (χ2v) is 6.79. The van der Waals surface area contributed by atoms with E-state index in [1.165, 1.54) is 4.31 Å². The highest BCUT2D eigenvalue weighted by molar-refractivity contribution is 7.89. The molecule has 1 saturated heterocycles. The first-order chi connectivity index (χ1) is 8.90. The number of carboxylic acid groups (broad SMARTS) is 1. The minimum absolute atomic E-state index is 0.108. The number of carbonyl (C=O) groups is 1. The summed E-state index contributed by atoms with van der Waals surface area (Å²) in [4.78, 5) is 11.6. The van der Waals surface area contributed by atoms with E-state index in [1.807, 2.05) is 6.92 Å². The number of aliphatic carboxylic acids is 1. The first-order valence-electron chi connectivity index (χ1n) is 6.72. The van der Waals surface area contributed by atoms with Crippen molar-refractivity contribution in [3.8, 4) is 0 Å². The number of hydrogen-bond acceptors (Lipinski definition) is 4. The molecule has 0 bridgehead atoms. The number of rotatable bonds is 8. The third-order valence-corrected chi connectivity index (χ3v) is 5.40. The van der Waals surface area contributed by atoms with Crippen molar-refractivity contribution < 1.29 is 23.1 Å². The van der Waals surface area contributed by atoms with Gasteiger partial charge < -0.3 is 9.84 Å². The molecule has 19 heavy (non-hydrogen) atoms. The van der Waals surface area contributed by atoms with Crippen molar-refractivity contribution in [2.24, 2.45) is 0 Å². The minimum atomic E-state index is -3.58. The predicted octanol–water partition coefficient (Wildman–Crippen LogP) is 1.07. The van der Waals surface area contributed by atoms with Gasteiger partial charge in [-0.3, -0.25) is 4.79 Å². The van der Waals surface area contributed by atoms with Crippen LogP contribution in [0.15, 0.2) is 0 Å².